The number of anilines is 1. The molecule has 2 aromatic rings. The van der Waals surface area contributed by atoms with E-state index in [4.69, 9.17) is 10.5 Å². The number of rotatable bonds is 5. The third kappa shape index (κ3) is 4.10. The summed E-state index contributed by atoms with van der Waals surface area (Å²) in [5.74, 6) is -1.49. The maximum absolute atomic E-state index is 13.8. The van der Waals surface area contributed by atoms with Gasteiger partial charge in [0.05, 0.1) is 11.3 Å². The Morgan fingerprint density at radius 1 is 1.12 bits per heavy atom. The van der Waals surface area contributed by atoms with Crippen LogP contribution in [0.25, 0.3) is 0 Å². The highest BCUT2D eigenvalue weighted by molar-refractivity contribution is 5.97. The summed E-state index contributed by atoms with van der Waals surface area (Å²) in [5, 5.41) is 2.47. The van der Waals surface area contributed by atoms with E-state index in [1.165, 1.54) is 25.1 Å². The lowest BCUT2D eigenvalue weighted by Crippen LogP contribution is -2.31. The predicted molar refractivity (Wildman–Crippen MR) is 89.6 cm³/mol. The molecule has 0 bridgehead atoms. The van der Waals surface area contributed by atoms with Crippen molar-refractivity contribution in [3.63, 3.8) is 0 Å². The molecule has 0 saturated heterocycles. The Labute approximate surface area is 139 Å². The first-order valence-electron chi connectivity index (χ1n) is 7.42. The van der Waals surface area contributed by atoms with Crippen LogP contribution >= 0.6 is 0 Å². The van der Waals surface area contributed by atoms with Crippen LogP contribution < -0.4 is 15.8 Å². The summed E-state index contributed by atoms with van der Waals surface area (Å²) >= 11 is 0. The Morgan fingerprint density at radius 2 is 1.75 bits per heavy atom. The molecule has 0 saturated carbocycles. The molecule has 126 valence electrons. The van der Waals surface area contributed by atoms with Crippen molar-refractivity contribution >= 4 is 17.5 Å². The minimum Gasteiger partial charge on any atom is -0.480 e. The Hall–Kier alpha value is -2.89. The highest BCUT2D eigenvalue weighted by Gasteiger charge is 2.19. The molecule has 0 aromatic heterocycles. The van der Waals surface area contributed by atoms with E-state index in [0.29, 0.717) is 0 Å². The molecule has 2 amide bonds. The smallest absolute Gasteiger partial charge is 0.265 e. The number of benzene rings is 2. The largest absolute Gasteiger partial charge is 0.480 e. The molecule has 0 heterocycles. The zero-order valence-corrected chi connectivity index (χ0v) is 13.7. The maximum Gasteiger partial charge on any atom is 0.265 e. The first-order valence-corrected chi connectivity index (χ1v) is 7.42. The van der Waals surface area contributed by atoms with Gasteiger partial charge in [0.25, 0.3) is 11.8 Å². The van der Waals surface area contributed by atoms with E-state index >= 15 is 0 Å². The van der Waals surface area contributed by atoms with E-state index in [0.717, 1.165) is 11.1 Å². The summed E-state index contributed by atoms with van der Waals surface area (Å²) in [6.45, 7) is 5.09. The summed E-state index contributed by atoms with van der Waals surface area (Å²) in [6, 6.07) is 9.38. The van der Waals surface area contributed by atoms with Crippen molar-refractivity contribution in [2.24, 2.45) is 5.73 Å². The first kappa shape index (κ1) is 17.5. The van der Waals surface area contributed by atoms with Gasteiger partial charge in [0.2, 0.25) is 0 Å². The zero-order chi connectivity index (χ0) is 17.9. The van der Waals surface area contributed by atoms with Gasteiger partial charge in [-0.05, 0) is 56.2 Å². The number of primary amides is 1. The average molecular weight is 330 g/mol. The fraction of sp³-hybridized carbons (Fsp3) is 0.222. The first-order chi connectivity index (χ1) is 11.3. The molecule has 24 heavy (non-hydrogen) atoms. The topological polar surface area (TPSA) is 81.4 Å². The number of nitrogens with one attached hydrogen (secondary N) is 1. The van der Waals surface area contributed by atoms with Crippen molar-refractivity contribution in [3.05, 3.63) is 58.9 Å². The normalized spacial score (nSPS) is 11.7. The van der Waals surface area contributed by atoms with Crippen LogP contribution in [0.2, 0.25) is 0 Å². The summed E-state index contributed by atoms with van der Waals surface area (Å²) < 4.78 is 19.4. The molecule has 0 aliphatic carbocycles. The SMILES string of the molecule is Cc1ccc(NC(=O)[C@H](C)Oc2cc(C)ccc2C(N)=O)c(F)c1. The monoisotopic (exact) mass is 330 g/mol. The Balaban J connectivity index is 2.14. The molecular formula is C18H19FN2O3. The molecular weight excluding hydrogens is 311 g/mol. The second kappa shape index (κ2) is 7.12. The van der Waals surface area contributed by atoms with E-state index in [1.54, 1.807) is 25.1 Å². The Kier molecular flexibility index (Phi) is 5.18. The molecule has 0 radical (unpaired) electrons. The molecule has 0 aliphatic heterocycles. The summed E-state index contributed by atoms with van der Waals surface area (Å²) in [4.78, 5) is 23.6. The number of halogens is 1. The van der Waals surface area contributed by atoms with Crippen LogP contribution in [0.3, 0.4) is 0 Å². The van der Waals surface area contributed by atoms with Crippen molar-refractivity contribution in [1.82, 2.24) is 0 Å². The van der Waals surface area contributed by atoms with Crippen molar-refractivity contribution in [1.29, 1.82) is 0 Å². The van der Waals surface area contributed by atoms with Gasteiger partial charge in [0, 0.05) is 0 Å². The molecule has 3 N–H and O–H groups in total. The van der Waals surface area contributed by atoms with Crippen LogP contribution in [0, 0.1) is 19.7 Å². The van der Waals surface area contributed by atoms with E-state index in [-0.39, 0.29) is 17.0 Å². The van der Waals surface area contributed by atoms with Crippen molar-refractivity contribution in [2.45, 2.75) is 26.9 Å². The van der Waals surface area contributed by atoms with E-state index in [9.17, 15) is 14.0 Å². The molecule has 0 aliphatic rings. The fourth-order valence-corrected chi connectivity index (χ4v) is 2.13. The number of carbonyl (C=O) groups excluding carboxylic acids is 2. The van der Waals surface area contributed by atoms with Crippen LogP contribution in [0.5, 0.6) is 5.75 Å². The van der Waals surface area contributed by atoms with Gasteiger partial charge in [-0.2, -0.15) is 0 Å². The standard InChI is InChI=1S/C18H19FN2O3/c1-10-5-7-15(14(19)8-10)21-18(23)12(3)24-16-9-11(2)4-6-13(16)17(20)22/h4-9,12H,1-3H3,(H2,20,22)(H,21,23)/t12-/m0/s1. The number of ether oxygens (including phenoxy) is 1. The van der Waals surface area contributed by atoms with Gasteiger partial charge in [0.1, 0.15) is 11.6 Å². The van der Waals surface area contributed by atoms with Crippen molar-refractivity contribution < 1.29 is 18.7 Å². The molecule has 6 heteroatoms. The highest BCUT2D eigenvalue weighted by atomic mass is 19.1. The van der Waals surface area contributed by atoms with Crippen LogP contribution in [0.15, 0.2) is 36.4 Å². The third-order valence-electron chi connectivity index (χ3n) is 3.46. The van der Waals surface area contributed by atoms with Gasteiger partial charge >= 0.3 is 0 Å². The Bertz CT molecular complexity index is 790. The second-order valence-corrected chi connectivity index (χ2v) is 5.60. The lowest BCUT2D eigenvalue weighted by Gasteiger charge is -2.17. The fourth-order valence-electron chi connectivity index (χ4n) is 2.13. The van der Waals surface area contributed by atoms with Crippen LogP contribution in [0.1, 0.15) is 28.4 Å². The van der Waals surface area contributed by atoms with Gasteiger partial charge in [-0.15, -0.1) is 0 Å². The van der Waals surface area contributed by atoms with Crippen molar-refractivity contribution in [3.8, 4) is 5.75 Å². The van der Waals surface area contributed by atoms with E-state index in [2.05, 4.69) is 5.32 Å². The van der Waals surface area contributed by atoms with E-state index < -0.39 is 23.7 Å². The number of carbonyl (C=O) groups is 2. The number of hydrogen-bond donors (Lipinski definition) is 2. The summed E-state index contributed by atoms with van der Waals surface area (Å²) in [6.07, 6.45) is -0.939. The summed E-state index contributed by atoms with van der Waals surface area (Å²) in [7, 11) is 0. The van der Waals surface area contributed by atoms with Crippen LogP contribution in [-0.4, -0.2) is 17.9 Å². The number of nitrogens with two attached hydrogens (primary N) is 1. The lowest BCUT2D eigenvalue weighted by molar-refractivity contribution is -0.122. The number of amides is 2. The maximum atomic E-state index is 13.8. The van der Waals surface area contributed by atoms with E-state index in [1.807, 2.05) is 6.92 Å². The van der Waals surface area contributed by atoms with Gasteiger partial charge in [-0.1, -0.05) is 12.1 Å². The second-order valence-electron chi connectivity index (χ2n) is 5.60. The number of aryl methyl sites for hydroxylation is 2. The van der Waals surface area contributed by atoms with Crippen LogP contribution in [0.4, 0.5) is 10.1 Å². The molecule has 1 atom stereocenters. The molecule has 0 fully saturated rings. The van der Waals surface area contributed by atoms with Gasteiger partial charge in [0.15, 0.2) is 6.10 Å². The molecule has 2 aromatic carbocycles. The molecule has 0 spiro atoms. The minimum atomic E-state index is -0.939. The van der Waals surface area contributed by atoms with Gasteiger partial charge in [-0.3, -0.25) is 9.59 Å². The van der Waals surface area contributed by atoms with Crippen molar-refractivity contribution in [2.75, 3.05) is 5.32 Å². The van der Waals surface area contributed by atoms with Gasteiger partial charge < -0.3 is 15.8 Å². The van der Waals surface area contributed by atoms with Crippen LogP contribution in [-0.2, 0) is 4.79 Å². The Morgan fingerprint density at radius 3 is 2.38 bits per heavy atom. The molecule has 2 rings (SSSR count). The lowest BCUT2D eigenvalue weighted by atomic mass is 10.1. The average Bonchev–Trinajstić information content (AvgIpc) is 2.49. The number of hydrogen-bond acceptors (Lipinski definition) is 3. The zero-order valence-electron chi connectivity index (χ0n) is 13.7. The third-order valence-corrected chi connectivity index (χ3v) is 3.46. The molecule has 0 unspecified atom stereocenters. The summed E-state index contributed by atoms with van der Waals surface area (Å²) in [5.41, 5.74) is 7.16. The molecule has 5 nitrogen and oxygen atoms in total. The van der Waals surface area contributed by atoms with Gasteiger partial charge in [-0.25, -0.2) is 4.39 Å². The quantitative estimate of drug-likeness (QED) is 0.884. The minimum absolute atomic E-state index is 0.0698. The highest BCUT2D eigenvalue weighted by Crippen LogP contribution is 2.22. The predicted octanol–water partition coefficient (Wildman–Crippen LogP) is 2.95.